The average molecular weight is 737 g/mol. The molecule has 0 bridgehead atoms. The van der Waals surface area contributed by atoms with E-state index in [0.29, 0.717) is 12.8 Å². The number of hydrogen-bond acceptors (Lipinski definition) is 7. The van der Waals surface area contributed by atoms with Gasteiger partial charge in [0.2, 0.25) is 5.79 Å². The van der Waals surface area contributed by atoms with Gasteiger partial charge in [-0.05, 0) is 101 Å². The predicted molar refractivity (Wildman–Crippen MR) is 208 cm³/mol. The lowest BCUT2D eigenvalue weighted by atomic mass is 9.76. The van der Waals surface area contributed by atoms with E-state index in [0.717, 1.165) is 74.8 Å². The van der Waals surface area contributed by atoms with Crippen LogP contribution in [0, 0.1) is 17.8 Å². The van der Waals surface area contributed by atoms with E-state index < -0.39 is 33.8 Å². The van der Waals surface area contributed by atoms with Crippen molar-refractivity contribution in [3.8, 4) is 0 Å². The van der Waals surface area contributed by atoms with Gasteiger partial charge in [-0.2, -0.15) is 0 Å². The van der Waals surface area contributed by atoms with Crippen molar-refractivity contribution >= 4 is 22.4 Å². The van der Waals surface area contributed by atoms with Crippen LogP contribution in [0.15, 0.2) is 12.2 Å². The molecule has 0 radical (unpaired) electrons. The summed E-state index contributed by atoms with van der Waals surface area (Å²) < 4.78 is 43.6. The fraction of sp³-hybridized carbons (Fsp3) is 0.927. The second-order valence-corrected chi connectivity index (χ2v) is 26.2. The van der Waals surface area contributed by atoms with Crippen LogP contribution in [0.3, 0.4) is 0 Å². The molecular weight excluding hydrogens is 661 g/mol. The molecule has 0 N–H and O–H groups in total. The van der Waals surface area contributed by atoms with Gasteiger partial charge in [-0.3, -0.25) is 4.79 Å². The molecule has 4 aliphatic heterocycles. The van der Waals surface area contributed by atoms with E-state index in [1.165, 1.54) is 0 Å². The van der Waals surface area contributed by atoms with Crippen molar-refractivity contribution in [3.05, 3.63) is 12.2 Å². The maximum absolute atomic E-state index is 13.2. The molecule has 4 aliphatic rings. The van der Waals surface area contributed by atoms with Gasteiger partial charge in [0, 0.05) is 24.7 Å². The maximum atomic E-state index is 13.2. The smallest absolute Gasteiger partial charge is 0.201 e. The summed E-state index contributed by atoms with van der Waals surface area (Å²) in [5.74, 6) is -1.53. The Bertz CT molecular complexity index is 1140. The molecule has 4 heterocycles. The van der Waals surface area contributed by atoms with Gasteiger partial charge >= 0.3 is 0 Å². The van der Waals surface area contributed by atoms with Crippen LogP contribution in [-0.4, -0.2) is 69.6 Å². The van der Waals surface area contributed by atoms with Gasteiger partial charge in [0.05, 0.1) is 29.5 Å². The standard InChI is InChI=1S/C41H76O7Si2/c1-14-33(34(42)15-2)37-30(10)29-31(11)40(44-37)26-24-36(45-49(17-4,18-5)19-6)41(47-40)28-27-38(13,46-41)35-23-25-39(16-3,32(12)43-35)48-50(20-7,21-8)22-9/h24,26,30-33,35-37H,14-23,25,27-29H2,1-13H3/t30-,31+,32-,33-,35+,36+,37-,38-,39+,40+,41-/m0/s1. The van der Waals surface area contributed by atoms with Crippen molar-refractivity contribution in [1.29, 1.82) is 0 Å². The highest BCUT2D eigenvalue weighted by Gasteiger charge is 2.64. The topological polar surface area (TPSA) is 72.5 Å². The van der Waals surface area contributed by atoms with Crippen LogP contribution in [0.1, 0.15) is 141 Å². The van der Waals surface area contributed by atoms with Gasteiger partial charge < -0.3 is 27.8 Å². The molecule has 3 saturated heterocycles. The first-order valence-electron chi connectivity index (χ1n) is 21.0. The lowest BCUT2D eigenvalue weighted by molar-refractivity contribution is -0.407. The molecule has 0 aromatic rings. The minimum Gasteiger partial charge on any atom is -0.409 e. The van der Waals surface area contributed by atoms with Gasteiger partial charge in [0.1, 0.15) is 11.9 Å². The van der Waals surface area contributed by atoms with Crippen molar-refractivity contribution in [3.63, 3.8) is 0 Å². The third-order valence-corrected chi connectivity index (χ3v) is 23.7. The van der Waals surface area contributed by atoms with Crippen LogP contribution in [0.5, 0.6) is 0 Å². The first-order chi connectivity index (χ1) is 23.6. The molecule has 9 heteroatoms. The maximum Gasteiger partial charge on any atom is 0.201 e. The molecule has 0 unspecified atom stereocenters. The van der Waals surface area contributed by atoms with E-state index in [-0.39, 0.29) is 53.6 Å². The van der Waals surface area contributed by atoms with Gasteiger partial charge in [-0.15, -0.1) is 0 Å². The van der Waals surface area contributed by atoms with Crippen LogP contribution in [0.4, 0.5) is 0 Å². The molecule has 0 aromatic heterocycles. The Labute approximate surface area is 308 Å². The molecule has 3 fully saturated rings. The second-order valence-electron chi connectivity index (χ2n) is 16.8. The van der Waals surface area contributed by atoms with Gasteiger partial charge in [0.15, 0.2) is 22.4 Å². The zero-order valence-electron chi connectivity index (χ0n) is 34.5. The van der Waals surface area contributed by atoms with E-state index in [2.05, 4.69) is 95.2 Å². The number of carbonyl (C=O) groups excluding carboxylic acids is 1. The van der Waals surface area contributed by atoms with Crippen molar-refractivity contribution in [2.45, 2.75) is 225 Å². The Morgan fingerprint density at radius 1 is 0.860 bits per heavy atom. The van der Waals surface area contributed by atoms with E-state index in [1.54, 1.807) is 0 Å². The van der Waals surface area contributed by atoms with Crippen LogP contribution >= 0.6 is 0 Å². The predicted octanol–water partition coefficient (Wildman–Crippen LogP) is 10.7. The number of rotatable bonds is 16. The van der Waals surface area contributed by atoms with E-state index in [4.69, 9.17) is 27.8 Å². The fourth-order valence-corrected chi connectivity index (χ4v) is 16.1. The summed E-state index contributed by atoms with van der Waals surface area (Å²) in [7, 11) is -3.87. The molecule has 11 atom stereocenters. The molecule has 7 nitrogen and oxygen atoms in total. The number of hydrogen-bond donors (Lipinski definition) is 0. The number of ether oxygens (including phenoxy) is 4. The van der Waals surface area contributed by atoms with E-state index in [9.17, 15) is 4.79 Å². The molecule has 2 spiro atoms. The molecule has 0 aliphatic carbocycles. The highest BCUT2D eigenvalue weighted by Crippen LogP contribution is 2.55. The Morgan fingerprint density at radius 3 is 2.00 bits per heavy atom. The highest BCUT2D eigenvalue weighted by molar-refractivity contribution is 6.74. The van der Waals surface area contributed by atoms with Crippen LogP contribution in [-0.2, 0) is 32.6 Å². The average Bonchev–Trinajstić information content (AvgIpc) is 3.47. The first-order valence-corrected chi connectivity index (χ1v) is 26.0. The molecule has 290 valence electrons. The number of Topliss-reactive ketones (excluding diaryl/α,β-unsaturated/α-hetero) is 1. The normalized spacial score (nSPS) is 40.1. The van der Waals surface area contributed by atoms with E-state index in [1.807, 2.05) is 6.92 Å². The molecule has 0 saturated carbocycles. The molecular formula is C41H76O7Si2. The summed E-state index contributed by atoms with van der Waals surface area (Å²) in [4.78, 5) is 13.2. The van der Waals surface area contributed by atoms with Crippen molar-refractivity contribution in [2.24, 2.45) is 17.8 Å². The quantitative estimate of drug-likeness (QED) is 0.115. The molecule has 0 amide bonds. The Balaban J connectivity index is 1.68. The fourth-order valence-electron chi connectivity index (χ4n) is 10.1. The summed E-state index contributed by atoms with van der Waals surface area (Å²) in [6.45, 7) is 29.0. The third kappa shape index (κ3) is 7.74. The summed E-state index contributed by atoms with van der Waals surface area (Å²) in [6, 6.07) is 6.56. The van der Waals surface area contributed by atoms with Gasteiger partial charge in [-0.1, -0.05) is 82.2 Å². The Kier molecular flexibility index (Phi) is 14.0. The second kappa shape index (κ2) is 16.5. The minimum atomic E-state index is -2.04. The van der Waals surface area contributed by atoms with Crippen molar-refractivity contribution < 1.29 is 32.6 Å². The molecule has 0 aromatic carbocycles. The van der Waals surface area contributed by atoms with E-state index >= 15 is 0 Å². The monoisotopic (exact) mass is 737 g/mol. The zero-order chi connectivity index (χ0) is 37.2. The largest absolute Gasteiger partial charge is 0.409 e. The first kappa shape index (κ1) is 42.3. The number of ketones is 1. The lowest BCUT2D eigenvalue weighted by Crippen LogP contribution is -2.64. The molecule has 4 rings (SSSR count). The highest BCUT2D eigenvalue weighted by atomic mass is 28.4. The van der Waals surface area contributed by atoms with Crippen molar-refractivity contribution in [2.75, 3.05) is 0 Å². The number of carbonyl (C=O) groups is 1. The molecule has 50 heavy (non-hydrogen) atoms. The third-order valence-electron chi connectivity index (χ3n) is 14.4. The van der Waals surface area contributed by atoms with Crippen LogP contribution in [0.25, 0.3) is 0 Å². The Morgan fingerprint density at radius 2 is 1.48 bits per heavy atom. The summed E-state index contributed by atoms with van der Waals surface area (Å²) in [6.07, 6.45) is 10.2. The summed E-state index contributed by atoms with van der Waals surface area (Å²) in [5.41, 5.74) is -0.810. The minimum absolute atomic E-state index is 0.0309. The SMILES string of the molecule is CCC(=O)[C@H](CC)[C@H]1O[C@@]2(C=C[C@@H](O[Si](CC)(CC)CC)[C@]3(CC[C@@](C)([C@H]4CC[C@@](CC)(O[Si](CC)(CC)CC)[C@H](C)O4)O3)O2)[C@H](C)C[C@@H]1C. The lowest BCUT2D eigenvalue weighted by Gasteiger charge is -2.56. The van der Waals surface area contributed by atoms with Crippen molar-refractivity contribution in [1.82, 2.24) is 0 Å². The van der Waals surface area contributed by atoms with Gasteiger partial charge in [0.25, 0.3) is 0 Å². The summed E-state index contributed by atoms with van der Waals surface area (Å²) >= 11 is 0. The summed E-state index contributed by atoms with van der Waals surface area (Å²) in [5, 5.41) is 0. The van der Waals surface area contributed by atoms with Gasteiger partial charge in [-0.25, -0.2) is 0 Å². The van der Waals surface area contributed by atoms with Crippen LogP contribution in [0.2, 0.25) is 36.3 Å². The Hall–Kier alpha value is -0.396. The zero-order valence-corrected chi connectivity index (χ0v) is 36.5. The van der Waals surface area contributed by atoms with Crippen LogP contribution < -0.4 is 0 Å².